The fourth-order valence-electron chi connectivity index (χ4n) is 2.43. The number of amides is 1. The molecule has 6 nitrogen and oxygen atoms in total. The van der Waals surface area contributed by atoms with E-state index in [1.165, 1.54) is 22.4 Å². The fraction of sp³-hybridized carbons (Fsp3) is 0.421. The van der Waals surface area contributed by atoms with Gasteiger partial charge >= 0.3 is 0 Å². The minimum Gasteiger partial charge on any atom is -0.383 e. The highest BCUT2D eigenvalue weighted by Crippen LogP contribution is 2.18. The number of methoxy groups -OCH3 is 1. The highest BCUT2D eigenvalue weighted by Gasteiger charge is 2.14. The maximum atomic E-state index is 12.4. The van der Waals surface area contributed by atoms with Gasteiger partial charge in [0.2, 0.25) is 0 Å². The van der Waals surface area contributed by atoms with Crippen molar-refractivity contribution in [1.82, 2.24) is 15.1 Å². The summed E-state index contributed by atoms with van der Waals surface area (Å²) < 4.78 is 6.19. The van der Waals surface area contributed by atoms with Crippen LogP contribution in [0.4, 0.5) is 0 Å². The minimum absolute atomic E-state index is 0.158. The van der Waals surface area contributed by atoms with Gasteiger partial charge in [-0.05, 0) is 30.0 Å². The number of rotatable bonds is 7. The van der Waals surface area contributed by atoms with Crippen LogP contribution in [0, 0.1) is 0 Å². The van der Waals surface area contributed by atoms with Crippen LogP contribution in [0.1, 0.15) is 54.3 Å². The Labute approximate surface area is 147 Å². The second-order valence-corrected chi connectivity index (χ2v) is 6.29. The minimum atomic E-state index is -0.313. The Kier molecular flexibility index (Phi) is 6.47. The lowest BCUT2D eigenvalue weighted by Gasteiger charge is -2.15. The summed E-state index contributed by atoms with van der Waals surface area (Å²) in [6.07, 6.45) is 0. The molecule has 0 radical (unpaired) electrons. The van der Waals surface area contributed by atoms with Gasteiger partial charge in [-0.1, -0.05) is 38.1 Å². The van der Waals surface area contributed by atoms with E-state index in [0.29, 0.717) is 19.1 Å². The van der Waals surface area contributed by atoms with Crippen molar-refractivity contribution in [2.24, 2.45) is 0 Å². The van der Waals surface area contributed by atoms with Gasteiger partial charge in [-0.2, -0.15) is 5.10 Å². The van der Waals surface area contributed by atoms with Gasteiger partial charge in [-0.3, -0.25) is 9.59 Å². The first-order valence-electron chi connectivity index (χ1n) is 8.40. The Balaban J connectivity index is 2.09. The van der Waals surface area contributed by atoms with Crippen LogP contribution in [-0.4, -0.2) is 29.4 Å². The monoisotopic (exact) mass is 343 g/mol. The van der Waals surface area contributed by atoms with Crippen LogP contribution in [0.2, 0.25) is 0 Å². The van der Waals surface area contributed by atoms with Crippen molar-refractivity contribution in [3.8, 4) is 0 Å². The summed E-state index contributed by atoms with van der Waals surface area (Å²) in [5, 5.41) is 7.02. The number of hydrogen-bond donors (Lipinski definition) is 1. The van der Waals surface area contributed by atoms with Crippen LogP contribution >= 0.6 is 0 Å². The van der Waals surface area contributed by atoms with Gasteiger partial charge in [0.15, 0.2) is 0 Å². The zero-order chi connectivity index (χ0) is 18.4. The first-order valence-corrected chi connectivity index (χ1v) is 8.40. The predicted molar refractivity (Wildman–Crippen MR) is 96.8 cm³/mol. The quantitative estimate of drug-likeness (QED) is 0.838. The lowest BCUT2D eigenvalue weighted by Crippen LogP contribution is -2.31. The summed E-state index contributed by atoms with van der Waals surface area (Å²) in [7, 11) is 1.55. The van der Waals surface area contributed by atoms with E-state index in [1.54, 1.807) is 7.11 Å². The molecule has 0 aliphatic rings. The zero-order valence-electron chi connectivity index (χ0n) is 15.2. The van der Waals surface area contributed by atoms with E-state index in [1.807, 2.05) is 19.1 Å². The number of aromatic nitrogens is 2. The average Bonchev–Trinajstić information content (AvgIpc) is 2.60. The van der Waals surface area contributed by atoms with E-state index in [4.69, 9.17) is 4.74 Å². The third kappa shape index (κ3) is 5.00. The summed E-state index contributed by atoms with van der Waals surface area (Å²) in [6, 6.07) is 10.8. The van der Waals surface area contributed by atoms with Gasteiger partial charge in [0.25, 0.3) is 11.5 Å². The van der Waals surface area contributed by atoms with Gasteiger partial charge in [-0.15, -0.1) is 0 Å². The molecule has 0 aliphatic heterocycles. The molecule has 134 valence electrons. The van der Waals surface area contributed by atoms with Crippen LogP contribution < -0.4 is 10.9 Å². The molecule has 0 aliphatic carbocycles. The molecule has 1 atom stereocenters. The Morgan fingerprint density at radius 2 is 1.76 bits per heavy atom. The molecule has 1 N–H and O–H groups in total. The number of ether oxygens (including phenoxy) is 1. The summed E-state index contributed by atoms with van der Waals surface area (Å²) in [5.41, 5.74) is 2.23. The second kappa shape index (κ2) is 8.58. The fourth-order valence-corrected chi connectivity index (χ4v) is 2.43. The Bertz CT molecular complexity index is 766. The third-order valence-corrected chi connectivity index (χ3v) is 4.06. The van der Waals surface area contributed by atoms with E-state index in [-0.39, 0.29) is 23.2 Å². The first kappa shape index (κ1) is 18.9. The number of nitrogens with one attached hydrogen (secondary N) is 1. The SMILES string of the molecule is COCCn1nc(C(=O)NC(C)c2ccc(C(C)C)cc2)ccc1=O. The largest absolute Gasteiger partial charge is 0.383 e. The summed E-state index contributed by atoms with van der Waals surface area (Å²) >= 11 is 0. The van der Waals surface area contributed by atoms with Crippen molar-refractivity contribution >= 4 is 5.91 Å². The molecular formula is C19H25N3O3. The van der Waals surface area contributed by atoms with Crippen LogP contribution in [-0.2, 0) is 11.3 Å². The lowest BCUT2D eigenvalue weighted by molar-refractivity contribution is 0.0931. The number of hydrogen-bond acceptors (Lipinski definition) is 4. The molecule has 1 amide bonds. The van der Waals surface area contributed by atoms with E-state index < -0.39 is 0 Å². The van der Waals surface area contributed by atoms with Crippen LogP contribution in [0.15, 0.2) is 41.2 Å². The molecule has 0 bridgehead atoms. The van der Waals surface area contributed by atoms with E-state index >= 15 is 0 Å². The third-order valence-electron chi connectivity index (χ3n) is 4.06. The van der Waals surface area contributed by atoms with Crippen LogP contribution in [0.25, 0.3) is 0 Å². The molecule has 2 rings (SSSR count). The zero-order valence-corrected chi connectivity index (χ0v) is 15.2. The first-order chi connectivity index (χ1) is 11.9. The maximum Gasteiger partial charge on any atom is 0.272 e. The van der Waals surface area contributed by atoms with Crippen LogP contribution in [0.5, 0.6) is 0 Å². The van der Waals surface area contributed by atoms with Crippen molar-refractivity contribution in [2.75, 3.05) is 13.7 Å². The standard InChI is InChI=1S/C19H25N3O3/c1-13(2)15-5-7-16(8-6-15)14(3)20-19(24)17-9-10-18(23)22(21-17)11-12-25-4/h5-10,13-14H,11-12H2,1-4H3,(H,20,24). The van der Waals surface area contributed by atoms with Crippen molar-refractivity contribution < 1.29 is 9.53 Å². The average molecular weight is 343 g/mol. The van der Waals surface area contributed by atoms with Gasteiger partial charge in [0.05, 0.1) is 19.2 Å². The van der Waals surface area contributed by atoms with E-state index in [0.717, 1.165) is 5.56 Å². The van der Waals surface area contributed by atoms with Crippen molar-refractivity contribution in [3.63, 3.8) is 0 Å². The van der Waals surface area contributed by atoms with Crippen LogP contribution in [0.3, 0.4) is 0 Å². The molecule has 0 fully saturated rings. The number of carbonyl (C=O) groups excluding carboxylic acids is 1. The topological polar surface area (TPSA) is 73.2 Å². The van der Waals surface area contributed by atoms with Crippen molar-refractivity contribution in [2.45, 2.75) is 39.3 Å². The predicted octanol–water partition coefficient (Wildman–Crippen LogP) is 2.50. The molecule has 25 heavy (non-hydrogen) atoms. The lowest BCUT2D eigenvalue weighted by atomic mass is 9.99. The smallest absolute Gasteiger partial charge is 0.272 e. The van der Waals surface area contributed by atoms with Gasteiger partial charge < -0.3 is 10.1 Å². The maximum absolute atomic E-state index is 12.4. The number of benzene rings is 1. The molecule has 1 aromatic carbocycles. The molecule has 0 spiro atoms. The molecule has 1 heterocycles. The van der Waals surface area contributed by atoms with Gasteiger partial charge in [-0.25, -0.2) is 4.68 Å². The van der Waals surface area contributed by atoms with Gasteiger partial charge in [0, 0.05) is 13.2 Å². The van der Waals surface area contributed by atoms with Crippen molar-refractivity contribution in [3.05, 3.63) is 63.6 Å². The Morgan fingerprint density at radius 3 is 2.36 bits per heavy atom. The Hall–Kier alpha value is -2.47. The van der Waals surface area contributed by atoms with Gasteiger partial charge in [0.1, 0.15) is 5.69 Å². The van der Waals surface area contributed by atoms with E-state index in [9.17, 15) is 9.59 Å². The summed E-state index contributed by atoms with van der Waals surface area (Å²) in [5.74, 6) is 0.155. The van der Waals surface area contributed by atoms with E-state index in [2.05, 4.69) is 36.4 Å². The van der Waals surface area contributed by atoms with Crippen molar-refractivity contribution in [1.29, 1.82) is 0 Å². The molecule has 1 aromatic heterocycles. The molecule has 2 aromatic rings. The molecule has 0 saturated carbocycles. The summed E-state index contributed by atoms with van der Waals surface area (Å²) in [6.45, 7) is 6.87. The number of carbonyl (C=O) groups is 1. The molecule has 0 saturated heterocycles. The highest BCUT2D eigenvalue weighted by atomic mass is 16.5. The molecular weight excluding hydrogens is 318 g/mol. The second-order valence-electron chi connectivity index (χ2n) is 6.29. The molecule has 6 heteroatoms. The highest BCUT2D eigenvalue weighted by molar-refractivity contribution is 5.92. The Morgan fingerprint density at radius 1 is 1.12 bits per heavy atom. The number of nitrogens with zero attached hydrogens (tertiary/aromatic N) is 2. The summed E-state index contributed by atoms with van der Waals surface area (Å²) in [4.78, 5) is 24.2. The molecule has 1 unspecified atom stereocenters. The normalized spacial score (nSPS) is 12.2.